The molecule has 6 heteroatoms. The van der Waals surface area contributed by atoms with E-state index in [0.29, 0.717) is 11.1 Å². The first-order valence-electron chi connectivity index (χ1n) is 8.96. The van der Waals surface area contributed by atoms with Crippen molar-refractivity contribution in [2.75, 3.05) is 0 Å². The van der Waals surface area contributed by atoms with Crippen LogP contribution in [0.4, 0.5) is 0 Å². The molecule has 0 unspecified atom stereocenters. The fraction of sp³-hybridized carbons (Fsp3) is 0. The Morgan fingerprint density at radius 2 is 1.59 bits per heavy atom. The molecule has 0 fully saturated rings. The third-order valence-electron chi connectivity index (χ3n) is 4.45. The number of carboxylic acid groups (broad SMARTS) is 1. The summed E-state index contributed by atoms with van der Waals surface area (Å²) >= 11 is 0. The van der Waals surface area contributed by atoms with Gasteiger partial charge in [0, 0.05) is 11.3 Å². The van der Waals surface area contributed by atoms with Crippen LogP contribution in [-0.2, 0) is 4.79 Å². The molecule has 4 rings (SSSR count). The Bertz CT molecular complexity index is 1210. The van der Waals surface area contributed by atoms with Crippen LogP contribution in [0, 0.1) is 0 Å². The van der Waals surface area contributed by atoms with E-state index in [1.54, 1.807) is 48.8 Å². The van der Waals surface area contributed by atoms with Crippen molar-refractivity contribution < 1.29 is 14.7 Å². The van der Waals surface area contributed by atoms with Crippen molar-refractivity contribution in [3.05, 3.63) is 102 Å². The molecule has 1 aromatic heterocycles. The smallest absolute Gasteiger partial charge is 0.352 e. The van der Waals surface area contributed by atoms with Crippen molar-refractivity contribution in [2.24, 2.45) is 0 Å². The number of nitrogens with zero attached hydrogens (tertiary/aromatic N) is 2. The molecule has 0 atom stereocenters. The Hall–Kier alpha value is -4.19. The second-order valence-electron chi connectivity index (χ2n) is 6.38. The van der Waals surface area contributed by atoms with Crippen LogP contribution in [0.3, 0.4) is 0 Å². The molecule has 142 valence electrons. The van der Waals surface area contributed by atoms with Gasteiger partial charge in [-0.15, -0.1) is 0 Å². The minimum atomic E-state index is -1.21. The van der Waals surface area contributed by atoms with Gasteiger partial charge >= 0.3 is 5.97 Å². The topological polar surface area (TPSA) is 84.2 Å². The number of hydrogen-bond donors (Lipinski definition) is 2. The quantitative estimate of drug-likeness (QED) is 0.512. The first-order valence-corrected chi connectivity index (χ1v) is 8.96. The number of aromatic nitrogens is 2. The highest BCUT2D eigenvalue weighted by atomic mass is 16.4. The lowest BCUT2D eigenvalue weighted by Crippen LogP contribution is -2.27. The molecule has 0 bridgehead atoms. The fourth-order valence-corrected chi connectivity index (χ4v) is 3.00. The number of imidazole rings is 1. The van der Waals surface area contributed by atoms with Crippen LogP contribution in [0.25, 0.3) is 22.8 Å². The maximum atomic E-state index is 12.3. The highest BCUT2D eigenvalue weighted by Gasteiger charge is 2.13. The van der Waals surface area contributed by atoms with Crippen LogP contribution < -0.4 is 5.32 Å². The number of amides is 1. The van der Waals surface area contributed by atoms with Crippen molar-refractivity contribution in [1.82, 2.24) is 14.9 Å². The molecule has 1 heterocycles. The van der Waals surface area contributed by atoms with E-state index in [1.165, 1.54) is 6.08 Å². The van der Waals surface area contributed by atoms with Crippen LogP contribution in [0.1, 0.15) is 15.9 Å². The number of rotatable bonds is 5. The van der Waals surface area contributed by atoms with Gasteiger partial charge in [-0.1, -0.05) is 42.5 Å². The van der Waals surface area contributed by atoms with Gasteiger partial charge < -0.3 is 10.4 Å². The molecule has 0 aliphatic carbocycles. The minimum absolute atomic E-state index is 0.195. The number of carboxylic acids is 1. The lowest BCUT2D eigenvalue weighted by Gasteiger charge is -2.07. The van der Waals surface area contributed by atoms with Crippen molar-refractivity contribution in [3.8, 4) is 5.69 Å². The number of fused-ring (bicyclic) bond motifs is 1. The Morgan fingerprint density at radius 1 is 0.897 bits per heavy atom. The van der Waals surface area contributed by atoms with Crippen LogP contribution in [-0.4, -0.2) is 26.5 Å². The normalized spacial score (nSPS) is 11.4. The van der Waals surface area contributed by atoms with Gasteiger partial charge in [0.05, 0.1) is 11.0 Å². The van der Waals surface area contributed by atoms with Gasteiger partial charge in [-0.2, -0.15) is 0 Å². The lowest BCUT2D eigenvalue weighted by atomic mass is 10.1. The molecule has 0 spiro atoms. The van der Waals surface area contributed by atoms with Gasteiger partial charge in [-0.05, 0) is 48.0 Å². The predicted molar refractivity (Wildman–Crippen MR) is 111 cm³/mol. The zero-order valence-electron chi connectivity index (χ0n) is 15.3. The highest BCUT2D eigenvalue weighted by molar-refractivity contribution is 6.02. The number of carbonyl (C=O) groups excluding carboxylic acids is 1. The van der Waals surface area contributed by atoms with Crippen molar-refractivity contribution in [2.45, 2.75) is 0 Å². The maximum Gasteiger partial charge on any atom is 0.352 e. The zero-order chi connectivity index (χ0) is 20.2. The fourth-order valence-electron chi connectivity index (χ4n) is 3.00. The van der Waals surface area contributed by atoms with Crippen LogP contribution >= 0.6 is 0 Å². The molecule has 0 saturated heterocycles. The third-order valence-corrected chi connectivity index (χ3v) is 4.45. The summed E-state index contributed by atoms with van der Waals surface area (Å²) in [7, 11) is 0. The first-order chi connectivity index (χ1) is 14.1. The standard InChI is InChI=1S/C23H17N3O3/c27-22(17-6-2-1-3-7-17)25-20(23(28)29)14-16-10-12-18(13-11-16)26-15-24-19-8-4-5-9-21(19)26/h1-15H,(H,25,27)(H,28,29). The molecule has 0 aliphatic rings. The number of nitrogens with one attached hydrogen (secondary N) is 1. The van der Waals surface area contributed by atoms with E-state index in [4.69, 9.17) is 0 Å². The number of para-hydroxylation sites is 2. The number of hydrogen-bond acceptors (Lipinski definition) is 3. The third kappa shape index (κ3) is 3.91. The van der Waals surface area contributed by atoms with Crippen LogP contribution in [0.5, 0.6) is 0 Å². The summed E-state index contributed by atoms with van der Waals surface area (Å²) in [5, 5.41) is 11.9. The monoisotopic (exact) mass is 383 g/mol. The van der Waals surface area contributed by atoms with Gasteiger partial charge in [-0.25, -0.2) is 9.78 Å². The molecule has 0 radical (unpaired) electrons. The van der Waals surface area contributed by atoms with Gasteiger partial charge in [-0.3, -0.25) is 9.36 Å². The molecule has 0 saturated carbocycles. The SMILES string of the molecule is O=C(O)C(=Cc1ccc(-n2cnc3ccccc32)cc1)NC(=O)c1ccccc1. The largest absolute Gasteiger partial charge is 0.477 e. The van der Waals surface area contributed by atoms with E-state index in [1.807, 2.05) is 41.0 Å². The lowest BCUT2D eigenvalue weighted by molar-refractivity contribution is -0.132. The van der Waals surface area contributed by atoms with E-state index in [0.717, 1.165) is 16.7 Å². The Morgan fingerprint density at radius 3 is 2.31 bits per heavy atom. The summed E-state index contributed by atoms with van der Waals surface area (Å²) in [6.07, 6.45) is 3.18. The zero-order valence-corrected chi connectivity index (χ0v) is 15.3. The summed E-state index contributed by atoms with van der Waals surface area (Å²) in [4.78, 5) is 28.2. The van der Waals surface area contributed by atoms with Crippen LogP contribution in [0.15, 0.2) is 90.9 Å². The van der Waals surface area contributed by atoms with Gasteiger partial charge in [0.2, 0.25) is 0 Å². The Balaban J connectivity index is 1.59. The van der Waals surface area contributed by atoms with Crippen molar-refractivity contribution in [1.29, 1.82) is 0 Å². The highest BCUT2D eigenvalue weighted by Crippen LogP contribution is 2.19. The Kier molecular flexibility index (Phi) is 4.90. The number of benzene rings is 3. The number of aliphatic carboxylic acids is 1. The average molecular weight is 383 g/mol. The van der Waals surface area contributed by atoms with E-state index in [-0.39, 0.29) is 5.70 Å². The van der Waals surface area contributed by atoms with Gasteiger partial charge in [0.25, 0.3) is 5.91 Å². The second-order valence-corrected chi connectivity index (χ2v) is 6.38. The molecule has 1 amide bonds. The van der Waals surface area contributed by atoms with Gasteiger partial charge in [0.15, 0.2) is 0 Å². The van der Waals surface area contributed by atoms with Crippen molar-refractivity contribution >= 4 is 29.0 Å². The molecule has 4 aromatic rings. The summed E-state index contributed by atoms with van der Waals surface area (Å²) < 4.78 is 1.96. The molecule has 0 aliphatic heterocycles. The van der Waals surface area contributed by atoms with Gasteiger partial charge in [0.1, 0.15) is 12.0 Å². The first kappa shape index (κ1) is 18.2. The predicted octanol–water partition coefficient (Wildman–Crippen LogP) is 3.88. The summed E-state index contributed by atoms with van der Waals surface area (Å²) in [5.41, 5.74) is 3.64. The number of carbonyl (C=O) groups is 2. The summed E-state index contributed by atoms with van der Waals surface area (Å²) in [6, 6.07) is 23.6. The summed E-state index contributed by atoms with van der Waals surface area (Å²) in [6.45, 7) is 0. The maximum absolute atomic E-state index is 12.3. The second kappa shape index (κ2) is 7.82. The Labute approximate surface area is 166 Å². The van der Waals surface area contributed by atoms with E-state index in [2.05, 4.69) is 10.3 Å². The molecular formula is C23H17N3O3. The molecule has 3 aromatic carbocycles. The minimum Gasteiger partial charge on any atom is -0.477 e. The average Bonchev–Trinajstić information content (AvgIpc) is 3.18. The van der Waals surface area contributed by atoms with Crippen molar-refractivity contribution in [3.63, 3.8) is 0 Å². The van der Waals surface area contributed by atoms with Crippen LogP contribution in [0.2, 0.25) is 0 Å². The summed E-state index contributed by atoms with van der Waals surface area (Å²) in [5.74, 6) is -1.68. The van der Waals surface area contributed by atoms with E-state index >= 15 is 0 Å². The molecule has 6 nitrogen and oxygen atoms in total. The molecule has 2 N–H and O–H groups in total. The van der Waals surface area contributed by atoms with E-state index in [9.17, 15) is 14.7 Å². The molecular weight excluding hydrogens is 366 g/mol. The molecule has 29 heavy (non-hydrogen) atoms. The van der Waals surface area contributed by atoms with E-state index < -0.39 is 11.9 Å².